The van der Waals surface area contributed by atoms with Gasteiger partial charge in [0.2, 0.25) is 5.91 Å². The van der Waals surface area contributed by atoms with Crippen LogP contribution in [0, 0.1) is 0 Å². The van der Waals surface area contributed by atoms with Crippen molar-refractivity contribution < 1.29 is 9.53 Å². The van der Waals surface area contributed by atoms with Crippen LogP contribution in [0.4, 0.5) is 10.7 Å². The summed E-state index contributed by atoms with van der Waals surface area (Å²) in [5, 5.41) is 4.37. The van der Waals surface area contributed by atoms with E-state index in [-0.39, 0.29) is 17.7 Å². The Labute approximate surface area is 198 Å². The largest absolute Gasteiger partial charge is 0.493 e. The molecule has 2 heterocycles. The lowest BCUT2D eigenvalue weighted by molar-refractivity contribution is -0.118. The maximum atomic E-state index is 13.3. The molecule has 2 aromatic rings. The number of halogens is 1. The smallest absolute Gasteiger partial charge is 0.232 e. The Morgan fingerprint density at radius 2 is 2.06 bits per heavy atom. The Morgan fingerprint density at radius 3 is 2.72 bits per heavy atom. The molecule has 0 spiro atoms. The zero-order valence-corrected chi connectivity index (χ0v) is 20.0. The van der Waals surface area contributed by atoms with E-state index in [4.69, 9.17) is 16.3 Å². The number of ether oxygens (including phenoxy) is 1. The minimum Gasteiger partial charge on any atom is -0.493 e. The van der Waals surface area contributed by atoms with Crippen LogP contribution in [-0.4, -0.2) is 19.2 Å². The Hall–Kier alpha value is -2.89. The summed E-state index contributed by atoms with van der Waals surface area (Å²) in [4.78, 5) is 18.4. The van der Waals surface area contributed by atoms with Gasteiger partial charge in [-0.3, -0.25) is 9.79 Å². The lowest BCUT2D eigenvalue weighted by Crippen LogP contribution is -2.26. The molecule has 3 rings (SSSR count). The summed E-state index contributed by atoms with van der Waals surface area (Å²) >= 11 is 7.52. The van der Waals surface area contributed by atoms with Crippen molar-refractivity contribution in [3.05, 3.63) is 82.8 Å². The minimum absolute atomic E-state index is 0.0647. The van der Waals surface area contributed by atoms with Crippen LogP contribution in [0.1, 0.15) is 48.1 Å². The first-order valence-corrected chi connectivity index (χ1v) is 11.5. The van der Waals surface area contributed by atoms with E-state index in [0.29, 0.717) is 34.9 Å². The number of aliphatic imine (C=N–C) groups is 1. The average molecular weight is 467 g/mol. The lowest BCUT2D eigenvalue weighted by Gasteiger charge is -2.25. The highest BCUT2D eigenvalue weighted by Crippen LogP contribution is 2.48. The number of fused-ring (bicyclic) bond motifs is 1. The molecule has 1 aromatic carbocycles. The number of hydrogen-bond acceptors (Lipinski definition) is 4. The van der Waals surface area contributed by atoms with Gasteiger partial charge in [-0.05, 0) is 42.3 Å². The molecule has 0 bridgehead atoms. The molecule has 6 heteroatoms. The van der Waals surface area contributed by atoms with E-state index < -0.39 is 0 Å². The van der Waals surface area contributed by atoms with Crippen molar-refractivity contribution in [2.24, 2.45) is 4.99 Å². The van der Waals surface area contributed by atoms with Crippen LogP contribution in [0.3, 0.4) is 0 Å². The number of nitrogens with zero attached hydrogens (tertiary/aromatic N) is 1. The number of para-hydroxylation sites is 1. The van der Waals surface area contributed by atoms with Crippen LogP contribution >= 0.6 is 22.9 Å². The lowest BCUT2D eigenvalue weighted by atomic mass is 9.92. The Bertz CT molecular complexity index is 1130. The van der Waals surface area contributed by atoms with Crippen LogP contribution in [0.2, 0.25) is 0 Å². The number of amides is 1. The number of benzene rings is 1. The van der Waals surface area contributed by atoms with Gasteiger partial charge in [0.1, 0.15) is 10.8 Å². The van der Waals surface area contributed by atoms with Gasteiger partial charge < -0.3 is 10.1 Å². The van der Waals surface area contributed by atoms with Gasteiger partial charge in [0, 0.05) is 16.2 Å². The maximum Gasteiger partial charge on any atom is 0.232 e. The summed E-state index contributed by atoms with van der Waals surface area (Å²) in [6.07, 6.45) is 3.87. The van der Waals surface area contributed by atoms with Crippen LogP contribution in [0.15, 0.2) is 71.8 Å². The Kier molecular flexibility index (Phi) is 7.54. The third kappa shape index (κ3) is 4.79. The Balaban J connectivity index is 1.98. The molecule has 0 fully saturated rings. The van der Waals surface area contributed by atoms with Gasteiger partial charge >= 0.3 is 0 Å². The number of hydrogen-bond donors (Lipinski definition) is 1. The zero-order valence-electron chi connectivity index (χ0n) is 18.4. The summed E-state index contributed by atoms with van der Waals surface area (Å²) in [7, 11) is 0. The molecule has 166 valence electrons. The highest BCUT2D eigenvalue weighted by atomic mass is 35.5. The normalized spacial score (nSPS) is 15.5. The first kappa shape index (κ1) is 23.8. The molecular weight excluding hydrogens is 440 g/mol. The van der Waals surface area contributed by atoms with E-state index in [9.17, 15) is 4.79 Å². The van der Waals surface area contributed by atoms with E-state index in [1.807, 2.05) is 24.3 Å². The van der Waals surface area contributed by atoms with Gasteiger partial charge in [-0.1, -0.05) is 69.5 Å². The zero-order chi connectivity index (χ0) is 23.4. The fraction of sp³-hybridized carbons (Fsp3) is 0.231. The summed E-state index contributed by atoms with van der Waals surface area (Å²) in [5.41, 5.74) is 3.87. The number of nitrogens with one attached hydrogen (secondary N) is 1. The molecule has 1 amide bonds. The van der Waals surface area contributed by atoms with E-state index in [0.717, 1.165) is 26.8 Å². The topological polar surface area (TPSA) is 50.7 Å². The summed E-state index contributed by atoms with van der Waals surface area (Å²) in [5.74, 6) is 0.535. The highest BCUT2D eigenvalue weighted by molar-refractivity contribution is 7.18. The van der Waals surface area contributed by atoms with E-state index in [1.165, 1.54) is 17.4 Å². The summed E-state index contributed by atoms with van der Waals surface area (Å²) in [6.45, 7) is 20.3. The first-order chi connectivity index (χ1) is 15.3. The quantitative estimate of drug-likeness (QED) is 0.322. The monoisotopic (exact) mass is 466 g/mol. The maximum absolute atomic E-state index is 13.3. The molecule has 1 aliphatic rings. The molecule has 0 unspecified atom stereocenters. The van der Waals surface area contributed by atoms with Crippen molar-refractivity contribution in [2.75, 3.05) is 11.9 Å². The van der Waals surface area contributed by atoms with Gasteiger partial charge in [0.05, 0.1) is 23.1 Å². The molecule has 1 N–H and O–H groups in total. The summed E-state index contributed by atoms with van der Waals surface area (Å²) in [6, 6.07) is 7.68. The third-order valence-electron chi connectivity index (χ3n) is 5.33. The molecule has 1 aromatic heterocycles. The van der Waals surface area contributed by atoms with Gasteiger partial charge in [0.15, 0.2) is 0 Å². The van der Waals surface area contributed by atoms with Crippen molar-refractivity contribution in [1.82, 2.24) is 0 Å². The van der Waals surface area contributed by atoms with Crippen LogP contribution in [0.5, 0.6) is 5.75 Å². The standard InChI is InChI=1S/C26H27ClN2O2S/c1-7-18(27)14-16(4)17(5)24-23(28-6)22(15(2)3)26(32-24)29-25(30)20-12-13-31-21-11-9-8-10-19(20)21/h7-11,14-15,20H,1,4-6,12-13H2,2-3H3,(H,29,30)/b18-14+/t20-/m0/s1. The second-order valence-electron chi connectivity index (χ2n) is 7.79. The molecule has 1 atom stereocenters. The van der Waals surface area contributed by atoms with Gasteiger partial charge in [-0.25, -0.2) is 0 Å². The molecular formula is C26H27ClN2O2S. The number of allylic oxidation sites excluding steroid dienone is 5. The SMILES string of the molecule is C=C/C(Cl)=C\C(=C)C(=C)c1sc(NC(=O)[C@H]2CCOc3ccccc32)c(C(C)C)c1N=C. The first-order valence-electron chi connectivity index (χ1n) is 10.3. The molecule has 32 heavy (non-hydrogen) atoms. The van der Waals surface area contributed by atoms with Gasteiger partial charge in [-0.2, -0.15) is 0 Å². The van der Waals surface area contributed by atoms with Crippen molar-refractivity contribution in [2.45, 2.75) is 32.1 Å². The minimum atomic E-state index is -0.279. The van der Waals surface area contributed by atoms with Crippen molar-refractivity contribution in [1.29, 1.82) is 0 Å². The second kappa shape index (κ2) is 10.2. The molecule has 0 aliphatic carbocycles. The summed E-state index contributed by atoms with van der Waals surface area (Å²) < 4.78 is 5.71. The molecule has 0 saturated carbocycles. The second-order valence-corrected chi connectivity index (χ2v) is 9.25. The number of thiophene rings is 1. The molecule has 0 radical (unpaired) electrons. The third-order valence-corrected chi connectivity index (χ3v) is 6.77. The predicted molar refractivity (Wildman–Crippen MR) is 138 cm³/mol. The van der Waals surface area contributed by atoms with Crippen LogP contribution < -0.4 is 10.1 Å². The molecule has 1 aliphatic heterocycles. The van der Waals surface area contributed by atoms with Crippen molar-refractivity contribution >= 4 is 51.8 Å². The van der Waals surface area contributed by atoms with E-state index in [1.54, 1.807) is 6.08 Å². The molecule has 4 nitrogen and oxygen atoms in total. The fourth-order valence-electron chi connectivity index (χ4n) is 3.70. The average Bonchev–Trinajstić information content (AvgIpc) is 3.16. The fourth-order valence-corrected chi connectivity index (χ4v) is 5.15. The van der Waals surface area contributed by atoms with Gasteiger partial charge in [0.25, 0.3) is 0 Å². The number of rotatable bonds is 8. The molecule has 0 saturated heterocycles. The Morgan fingerprint density at radius 1 is 1.34 bits per heavy atom. The number of anilines is 1. The highest BCUT2D eigenvalue weighted by Gasteiger charge is 2.30. The number of carbonyl (C=O) groups excluding carboxylic acids is 1. The van der Waals surface area contributed by atoms with E-state index >= 15 is 0 Å². The van der Waals surface area contributed by atoms with E-state index in [2.05, 4.69) is 50.6 Å². The predicted octanol–water partition coefficient (Wildman–Crippen LogP) is 7.59. The van der Waals surface area contributed by atoms with Crippen LogP contribution in [-0.2, 0) is 4.79 Å². The van der Waals surface area contributed by atoms with Gasteiger partial charge in [-0.15, -0.1) is 11.3 Å². The number of carbonyl (C=O) groups is 1. The van der Waals surface area contributed by atoms with Crippen molar-refractivity contribution in [3.63, 3.8) is 0 Å². The van der Waals surface area contributed by atoms with Crippen molar-refractivity contribution in [3.8, 4) is 5.75 Å². The van der Waals surface area contributed by atoms with Crippen LogP contribution in [0.25, 0.3) is 5.57 Å².